The van der Waals surface area contributed by atoms with E-state index in [4.69, 9.17) is 15.0 Å². The minimum absolute atomic E-state index is 0.0266. The summed E-state index contributed by atoms with van der Waals surface area (Å²) in [5.41, 5.74) is 5.83. The molecule has 4 nitrogen and oxygen atoms in total. The van der Waals surface area contributed by atoms with Gasteiger partial charge >= 0.3 is 0 Å². The number of hydrogen-bond acceptors (Lipinski definition) is 4. The fraction of sp³-hybridized carbons (Fsp3) is 0.182. The molecule has 0 saturated heterocycles. The van der Waals surface area contributed by atoms with Gasteiger partial charge in [-0.05, 0) is 17.7 Å². The average molecular weight is 240 g/mol. The monoisotopic (exact) mass is 240 g/mol. The van der Waals surface area contributed by atoms with Crippen LogP contribution in [0.15, 0.2) is 22.7 Å². The van der Waals surface area contributed by atoms with Gasteiger partial charge in [0.25, 0.3) is 0 Å². The van der Waals surface area contributed by atoms with Gasteiger partial charge in [-0.1, -0.05) is 5.16 Å². The standard InChI is InChI=1S/C11H10F2N2O2/c1-16-5-6-2-7(11(13)8(12)3-6)9-4-10(14)15-17-9/h2-4H,5H2,1H3,(H2,14,15). The Balaban J connectivity index is 2.52. The summed E-state index contributed by atoms with van der Waals surface area (Å²) >= 11 is 0. The van der Waals surface area contributed by atoms with E-state index in [2.05, 4.69) is 5.16 Å². The van der Waals surface area contributed by atoms with Crippen molar-refractivity contribution in [1.82, 2.24) is 5.16 Å². The van der Waals surface area contributed by atoms with Crippen LogP contribution in [0.25, 0.3) is 11.3 Å². The fourth-order valence-electron chi connectivity index (χ4n) is 1.49. The van der Waals surface area contributed by atoms with Crippen molar-refractivity contribution in [2.75, 3.05) is 12.8 Å². The molecule has 1 aromatic heterocycles. The number of nitrogen functional groups attached to an aromatic ring is 1. The van der Waals surface area contributed by atoms with Gasteiger partial charge in [0.1, 0.15) is 0 Å². The van der Waals surface area contributed by atoms with E-state index < -0.39 is 11.6 Å². The molecule has 0 aliphatic heterocycles. The quantitative estimate of drug-likeness (QED) is 0.894. The van der Waals surface area contributed by atoms with Crippen LogP contribution in [-0.4, -0.2) is 12.3 Å². The maximum Gasteiger partial charge on any atom is 0.172 e. The lowest BCUT2D eigenvalue weighted by atomic mass is 10.1. The van der Waals surface area contributed by atoms with Gasteiger partial charge in [-0.15, -0.1) is 0 Å². The summed E-state index contributed by atoms with van der Waals surface area (Å²) in [6.45, 7) is 0.174. The van der Waals surface area contributed by atoms with Gasteiger partial charge < -0.3 is 15.0 Å². The van der Waals surface area contributed by atoms with E-state index in [1.165, 1.54) is 19.2 Å². The van der Waals surface area contributed by atoms with Gasteiger partial charge in [-0.2, -0.15) is 0 Å². The Kier molecular flexibility index (Phi) is 3.06. The molecule has 2 aromatic rings. The summed E-state index contributed by atoms with van der Waals surface area (Å²) in [4.78, 5) is 0. The maximum atomic E-state index is 13.6. The zero-order chi connectivity index (χ0) is 12.4. The van der Waals surface area contributed by atoms with Crippen molar-refractivity contribution in [3.63, 3.8) is 0 Å². The number of anilines is 1. The Morgan fingerprint density at radius 1 is 1.35 bits per heavy atom. The second-order valence-electron chi connectivity index (χ2n) is 3.49. The Hall–Kier alpha value is -1.95. The highest BCUT2D eigenvalue weighted by molar-refractivity contribution is 5.61. The van der Waals surface area contributed by atoms with E-state index >= 15 is 0 Å². The lowest BCUT2D eigenvalue weighted by Gasteiger charge is -2.04. The first-order chi connectivity index (χ1) is 8.11. The number of rotatable bonds is 3. The highest BCUT2D eigenvalue weighted by Gasteiger charge is 2.16. The third-order valence-electron chi connectivity index (χ3n) is 2.19. The summed E-state index contributed by atoms with van der Waals surface area (Å²) in [6, 6.07) is 3.83. The van der Waals surface area contributed by atoms with Crippen LogP contribution < -0.4 is 5.73 Å². The summed E-state index contributed by atoms with van der Waals surface area (Å²) in [5.74, 6) is -1.78. The Morgan fingerprint density at radius 3 is 2.71 bits per heavy atom. The molecule has 0 fully saturated rings. The minimum atomic E-state index is -0.999. The van der Waals surface area contributed by atoms with Crippen molar-refractivity contribution in [1.29, 1.82) is 0 Å². The van der Waals surface area contributed by atoms with Gasteiger partial charge in [-0.25, -0.2) is 8.78 Å². The molecule has 0 saturated carbocycles. The van der Waals surface area contributed by atoms with Crippen molar-refractivity contribution in [3.05, 3.63) is 35.4 Å². The smallest absolute Gasteiger partial charge is 0.172 e. The van der Waals surface area contributed by atoms with E-state index in [1.54, 1.807) is 0 Å². The summed E-state index contributed by atoms with van der Waals surface area (Å²) < 4.78 is 36.6. The summed E-state index contributed by atoms with van der Waals surface area (Å²) in [5, 5.41) is 3.42. The number of aromatic nitrogens is 1. The van der Waals surface area contributed by atoms with Crippen LogP contribution in [0, 0.1) is 11.6 Å². The Morgan fingerprint density at radius 2 is 2.12 bits per heavy atom. The normalized spacial score (nSPS) is 10.8. The topological polar surface area (TPSA) is 61.3 Å². The molecule has 0 amide bonds. The number of ether oxygens (including phenoxy) is 1. The average Bonchev–Trinajstić information content (AvgIpc) is 2.70. The largest absolute Gasteiger partial charge is 0.381 e. The van der Waals surface area contributed by atoms with E-state index in [0.29, 0.717) is 5.56 Å². The Labute approximate surface area is 96.0 Å². The van der Waals surface area contributed by atoms with Gasteiger partial charge in [0, 0.05) is 13.2 Å². The summed E-state index contributed by atoms with van der Waals surface area (Å²) in [6.07, 6.45) is 0. The van der Waals surface area contributed by atoms with Crippen LogP contribution in [0.5, 0.6) is 0 Å². The molecule has 2 N–H and O–H groups in total. The highest BCUT2D eigenvalue weighted by atomic mass is 19.2. The molecule has 0 aliphatic carbocycles. The van der Waals surface area contributed by atoms with Crippen molar-refractivity contribution in [2.24, 2.45) is 0 Å². The van der Waals surface area contributed by atoms with Crippen molar-refractivity contribution in [3.8, 4) is 11.3 Å². The number of methoxy groups -OCH3 is 1. The molecule has 0 bridgehead atoms. The number of nitrogens with two attached hydrogens (primary N) is 1. The van der Waals surface area contributed by atoms with E-state index in [-0.39, 0.29) is 23.7 Å². The molecule has 1 heterocycles. The highest BCUT2D eigenvalue weighted by Crippen LogP contribution is 2.27. The van der Waals surface area contributed by atoms with E-state index in [1.807, 2.05) is 0 Å². The second-order valence-corrected chi connectivity index (χ2v) is 3.49. The van der Waals surface area contributed by atoms with Crippen LogP contribution in [0.1, 0.15) is 5.56 Å². The molecule has 17 heavy (non-hydrogen) atoms. The lowest BCUT2D eigenvalue weighted by Crippen LogP contribution is -1.95. The molecular weight excluding hydrogens is 230 g/mol. The lowest BCUT2D eigenvalue weighted by molar-refractivity contribution is 0.184. The minimum Gasteiger partial charge on any atom is -0.381 e. The molecule has 0 unspecified atom stereocenters. The number of nitrogens with zero attached hydrogens (tertiary/aromatic N) is 1. The zero-order valence-electron chi connectivity index (χ0n) is 9.04. The first-order valence-corrected chi connectivity index (χ1v) is 4.81. The molecule has 90 valence electrons. The second kappa shape index (κ2) is 4.50. The van der Waals surface area contributed by atoms with Gasteiger partial charge in [0.2, 0.25) is 0 Å². The predicted octanol–water partition coefficient (Wildman–Crippen LogP) is 2.35. The van der Waals surface area contributed by atoms with Crippen molar-refractivity contribution >= 4 is 5.82 Å². The van der Waals surface area contributed by atoms with Crippen LogP contribution in [0.3, 0.4) is 0 Å². The first kappa shape index (κ1) is 11.5. The third-order valence-corrected chi connectivity index (χ3v) is 2.19. The van der Waals surface area contributed by atoms with Crippen LogP contribution in [-0.2, 0) is 11.3 Å². The van der Waals surface area contributed by atoms with Crippen LogP contribution in [0.4, 0.5) is 14.6 Å². The fourth-order valence-corrected chi connectivity index (χ4v) is 1.49. The van der Waals surface area contributed by atoms with Crippen molar-refractivity contribution in [2.45, 2.75) is 6.61 Å². The molecule has 0 spiro atoms. The number of hydrogen-bond donors (Lipinski definition) is 1. The van der Waals surface area contributed by atoms with Crippen molar-refractivity contribution < 1.29 is 18.0 Å². The van der Waals surface area contributed by atoms with Crippen LogP contribution >= 0.6 is 0 Å². The maximum absolute atomic E-state index is 13.6. The SMILES string of the molecule is COCc1cc(F)c(F)c(-c2cc(N)no2)c1. The molecule has 0 radical (unpaired) electrons. The number of halogens is 2. The van der Waals surface area contributed by atoms with E-state index in [0.717, 1.165) is 6.07 Å². The molecular formula is C11H10F2N2O2. The molecule has 2 rings (SSSR count). The van der Waals surface area contributed by atoms with E-state index in [9.17, 15) is 8.78 Å². The third kappa shape index (κ3) is 2.26. The first-order valence-electron chi connectivity index (χ1n) is 4.81. The predicted molar refractivity (Wildman–Crippen MR) is 57.0 cm³/mol. The zero-order valence-corrected chi connectivity index (χ0v) is 9.04. The summed E-state index contributed by atoms with van der Waals surface area (Å²) in [7, 11) is 1.47. The molecule has 1 aromatic carbocycles. The Bertz CT molecular complexity index is 540. The van der Waals surface area contributed by atoms with Gasteiger partial charge in [0.15, 0.2) is 23.2 Å². The van der Waals surface area contributed by atoms with Gasteiger partial charge in [-0.3, -0.25) is 0 Å². The van der Waals surface area contributed by atoms with Crippen LogP contribution in [0.2, 0.25) is 0 Å². The molecule has 0 atom stereocenters. The number of benzene rings is 1. The van der Waals surface area contributed by atoms with Gasteiger partial charge in [0.05, 0.1) is 12.2 Å². The molecule has 0 aliphatic rings. The molecule has 6 heteroatoms.